The number of ether oxygens (including phenoxy) is 1. The molecule has 0 aliphatic carbocycles. The molecule has 0 spiro atoms. The lowest BCUT2D eigenvalue weighted by atomic mass is 9.99. The normalized spacial score (nSPS) is 10.9. The molecule has 0 bridgehead atoms. The molecule has 4 aromatic rings. The van der Waals surface area contributed by atoms with E-state index >= 15 is 0 Å². The third-order valence-electron chi connectivity index (χ3n) is 4.35. The molecule has 27 heavy (non-hydrogen) atoms. The summed E-state index contributed by atoms with van der Waals surface area (Å²) >= 11 is 0. The molecular weight excluding hydrogens is 345 g/mol. The molecule has 6 heteroatoms. The first kappa shape index (κ1) is 16.8. The van der Waals surface area contributed by atoms with Gasteiger partial charge in [0.05, 0.1) is 18.2 Å². The van der Waals surface area contributed by atoms with Crippen LogP contribution in [0.2, 0.25) is 0 Å². The summed E-state index contributed by atoms with van der Waals surface area (Å²) in [4.78, 5) is 12.1. The number of carbonyl (C=O) groups is 1. The third-order valence-corrected chi connectivity index (χ3v) is 4.35. The largest absolute Gasteiger partial charge is 0.465 e. The van der Waals surface area contributed by atoms with Gasteiger partial charge < -0.3 is 10.5 Å². The van der Waals surface area contributed by atoms with Gasteiger partial charge >= 0.3 is 5.97 Å². The first-order valence-electron chi connectivity index (χ1n) is 8.29. The second-order valence-electron chi connectivity index (χ2n) is 6.10. The number of nitrogens with zero attached hydrogens (tertiary/aromatic N) is 2. The van der Waals surface area contributed by atoms with Crippen molar-refractivity contribution in [1.29, 1.82) is 0 Å². The maximum Gasteiger partial charge on any atom is 0.337 e. The van der Waals surface area contributed by atoms with Crippen LogP contribution < -0.4 is 5.73 Å². The maximum atomic E-state index is 14.3. The predicted molar refractivity (Wildman–Crippen MR) is 102 cm³/mol. The molecule has 0 saturated heterocycles. The summed E-state index contributed by atoms with van der Waals surface area (Å²) in [5.41, 5.74) is 8.93. The molecule has 5 nitrogen and oxygen atoms in total. The van der Waals surface area contributed by atoms with Gasteiger partial charge in [0.15, 0.2) is 5.82 Å². The number of fused-ring (bicyclic) bond motifs is 1. The van der Waals surface area contributed by atoms with Crippen molar-refractivity contribution >= 4 is 22.6 Å². The fourth-order valence-electron chi connectivity index (χ4n) is 3.05. The Morgan fingerprint density at radius 1 is 1.11 bits per heavy atom. The molecule has 3 aromatic carbocycles. The van der Waals surface area contributed by atoms with Crippen LogP contribution in [0.4, 0.5) is 10.1 Å². The van der Waals surface area contributed by atoms with Crippen molar-refractivity contribution < 1.29 is 13.9 Å². The Morgan fingerprint density at radius 2 is 1.89 bits per heavy atom. The van der Waals surface area contributed by atoms with Gasteiger partial charge in [-0.25, -0.2) is 13.9 Å². The van der Waals surface area contributed by atoms with E-state index in [9.17, 15) is 9.18 Å². The minimum Gasteiger partial charge on any atom is -0.465 e. The minimum absolute atomic E-state index is 0.277. The van der Waals surface area contributed by atoms with Gasteiger partial charge in [0.2, 0.25) is 0 Å². The Hall–Kier alpha value is -3.67. The summed E-state index contributed by atoms with van der Waals surface area (Å²) in [7, 11) is 1.33. The molecule has 0 aliphatic rings. The van der Waals surface area contributed by atoms with Gasteiger partial charge in [-0.1, -0.05) is 30.3 Å². The van der Waals surface area contributed by atoms with Crippen LogP contribution in [0.25, 0.3) is 27.7 Å². The Bertz CT molecular complexity index is 1150. The van der Waals surface area contributed by atoms with Crippen LogP contribution in [0.1, 0.15) is 10.4 Å². The zero-order valence-electron chi connectivity index (χ0n) is 14.5. The van der Waals surface area contributed by atoms with E-state index in [1.165, 1.54) is 17.9 Å². The SMILES string of the molecule is COC(=O)c1cc(-c2ccccc2)c2cn(-c3ccc(N)cc3F)nc2c1. The molecule has 2 N–H and O–H groups in total. The highest BCUT2D eigenvalue weighted by Crippen LogP contribution is 2.31. The fourth-order valence-corrected chi connectivity index (χ4v) is 3.05. The van der Waals surface area contributed by atoms with Crippen molar-refractivity contribution in [2.24, 2.45) is 0 Å². The number of rotatable bonds is 3. The van der Waals surface area contributed by atoms with Gasteiger partial charge in [-0.3, -0.25) is 0 Å². The van der Waals surface area contributed by atoms with Crippen LogP contribution >= 0.6 is 0 Å². The van der Waals surface area contributed by atoms with E-state index < -0.39 is 11.8 Å². The zero-order chi connectivity index (χ0) is 19.0. The summed E-state index contributed by atoms with van der Waals surface area (Å²) in [6.07, 6.45) is 1.74. The number of benzene rings is 3. The number of hydrogen-bond acceptors (Lipinski definition) is 4. The first-order valence-corrected chi connectivity index (χ1v) is 8.29. The van der Waals surface area contributed by atoms with Crippen LogP contribution in [0.3, 0.4) is 0 Å². The van der Waals surface area contributed by atoms with Gasteiger partial charge in [-0.05, 0) is 41.5 Å². The van der Waals surface area contributed by atoms with Crippen molar-refractivity contribution in [3.8, 4) is 16.8 Å². The molecule has 0 radical (unpaired) electrons. The molecule has 1 heterocycles. The van der Waals surface area contributed by atoms with Crippen molar-refractivity contribution in [3.05, 3.63) is 78.2 Å². The number of nitrogen functional groups attached to an aromatic ring is 1. The lowest BCUT2D eigenvalue weighted by Gasteiger charge is -2.06. The molecule has 0 atom stereocenters. The monoisotopic (exact) mass is 361 g/mol. The van der Waals surface area contributed by atoms with E-state index in [4.69, 9.17) is 10.5 Å². The quantitative estimate of drug-likeness (QED) is 0.439. The van der Waals surface area contributed by atoms with E-state index in [0.29, 0.717) is 16.8 Å². The van der Waals surface area contributed by atoms with Gasteiger partial charge in [0.1, 0.15) is 5.69 Å². The van der Waals surface area contributed by atoms with Crippen LogP contribution in [0, 0.1) is 5.82 Å². The van der Waals surface area contributed by atoms with Crippen molar-refractivity contribution in [2.45, 2.75) is 0 Å². The predicted octanol–water partition coefficient (Wildman–Crippen LogP) is 4.20. The standard InChI is InChI=1S/C21H16FN3O2/c1-27-21(26)14-9-16(13-5-3-2-4-6-13)17-12-25(24-19(17)10-14)20-8-7-15(23)11-18(20)22/h2-12H,23H2,1H3. The number of anilines is 1. The number of esters is 1. The number of methoxy groups -OCH3 is 1. The number of aromatic nitrogens is 2. The van der Waals surface area contributed by atoms with E-state index in [2.05, 4.69) is 5.10 Å². The Labute approximate surface area is 154 Å². The second kappa shape index (κ2) is 6.57. The Kier molecular flexibility index (Phi) is 4.08. The highest BCUT2D eigenvalue weighted by Gasteiger charge is 2.16. The van der Waals surface area contributed by atoms with E-state index in [0.717, 1.165) is 16.5 Å². The molecule has 134 valence electrons. The average molecular weight is 361 g/mol. The van der Waals surface area contributed by atoms with Crippen LogP contribution in [-0.2, 0) is 4.74 Å². The average Bonchev–Trinajstić information content (AvgIpc) is 3.11. The molecule has 1 aromatic heterocycles. The van der Waals surface area contributed by atoms with Crippen LogP contribution in [0.5, 0.6) is 0 Å². The van der Waals surface area contributed by atoms with Crippen molar-refractivity contribution in [3.63, 3.8) is 0 Å². The van der Waals surface area contributed by atoms with Gasteiger partial charge in [0, 0.05) is 17.3 Å². The summed E-state index contributed by atoms with van der Waals surface area (Å²) in [6, 6.07) is 17.5. The highest BCUT2D eigenvalue weighted by atomic mass is 19.1. The Balaban J connectivity index is 1.97. The molecule has 4 rings (SSSR count). The van der Waals surface area contributed by atoms with Crippen LogP contribution in [-0.4, -0.2) is 22.9 Å². The highest BCUT2D eigenvalue weighted by molar-refractivity contribution is 6.01. The minimum atomic E-state index is -0.475. The van der Waals surface area contributed by atoms with E-state index in [-0.39, 0.29) is 5.69 Å². The zero-order valence-corrected chi connectivity index (χ0v) is 14.5. The molecule has 0 amide bonds. The van der Waals surface area contributed by atoms with Gasteiger partial charge in [-0.2, -0.15) is 5.10 Å². The smallest absolute Gasteiger partial charge is 0.337 e. The number of carbonyl (C=O) groups excluding carboxylic acids is 1. The third kappa shape index (κ3) is 3.01. The van der Waals surface area contributed by atoms with E-state index in [1.54, 1.807) is 30.5 Å². The van der Waals surface area contributed by atoms with Crippen molar-refractivity contribution in [2.75, 3.05) is 12.8 Å². The summed E-state index contributed by atoms with van der Waals surface area (Å²) in [5.74, 6) is -0.931. The van der Waals surface area contributed by atoms with Crippen molar-refractivity contribution in [1.82, 2.24) is 9.78 Å². The first-order chi connectivity index (χ1) is 13.1. The lowest BCUT2D eigenvalue weighted by Crippen LogP contribution is -2.01. The summed E-state index contributed by atoms with van der Waals surface area (Å²) in [5, 5.41) is 5.26. The molecular formula is C21H16FN3O2. The topological polar surface area (TPSA) is 70.1 Å². The summed E-state index contributed by atoms with van der Waals surface area (Å²) in [6.45, 7) is 0. The molecule has 0 saturated carbocycles. The Morgan fingerprint density at radius 3 is 2.59 bits per heavy atom. The molecule has 0 unspecified atom stereocenters. The number of nitrogens with two attached hydrogens (primary N) is 1. The number of halogens is 1. The van der Waals surface area contributed by atoms with Crippen LogP contribution in [0.15, 0.2) is 66.9 Å². The number of hydrogen-bond donors (Lipinski definition) is 1. The fraction of sp³-hybridized carbons (Fsp3) is 0.0476. The second-order valence-corrected chi connectivity index (χ2v) is 6.10. The summed E-state index contributed by atoms with van der Waals surface area (Å²) < 4.78 is 20.6. The van der Waals surface area contributed by atoms with E-state index in [1.807, 2.05) is 30.3 Å². The molecule has 0 fully saturated rings. The van der Waals surface area contributed by atoms with Gasteiger partial charge in [0.25, 0.3) is 0 Å². The molecule has 0 aliphatic heterocycles. The lowest BCUT2D eigenvalue weighted by molar-refractivity contribution is 0.0601. The van der Waals surface area contributed by atoms with Gasteiger partial charge in [-0.15, -0.1) is 0 Å². The maximum absolute atomic E-state index is 14.3.